The monoisotopic (exact) mass is 155 g/mol. The molecule has 2 aliphatic carbocycles. The van der Waals surface area contributed by atoms with Gasteiger partial charge < -0.3 is 0 Å². The van der Waals surface area contributed by atoms with Gasteiger partial charge in [-0.05, 0) is 13.3 Å². The number of ketones is 1. The van der Waals surface area contributed by atoms with Crippen LogP contribution in [-0.2, 0) is 4.79 Å². The number of carbonyl (C=O) groups is 1. The van der Waals surface area contributed by atoms with Crippen molar-refractivity contribution >= 4 is 5.78 Å². The lowest BCUT2D eigenvalue weighted by atomic mass is 10.0. The highest BCUT2D eigenvalue weighted by atomic mass is 16.6. The predicted molar refractivity (Wildman–Crippen MR) is 36.6 cm³/mol. The van der Waals surface area contributed by atoms with Gasteiger partial charge in [-0.2, -0.15) is 0 Å². The second-order valence-electron chi connectivity index (χ2n) is 3.58. The molecule has 3 atom stereocenters. The summed E-state index contributed by atoms with van der Waals surface area (Å²) >= 11 is 0. The van der Waals surface area contributed by atoms with Crippen molar-refractivity contribution < 1.29 is 9.72 Å². The largest absolute Gasteiger partial charge is 0.299 e. The van der Waals surface area contributed by atoms with Crippen LogP contribution in [0.15, 0.2) is 0 Å². The second kappa shape index (κ2) is 1.62. The van der Waals surface area contributed by atoms with E-state index >= 15 is 0 Å². The maximum absolute atomic E-state index is 11.1. The molecule has 2 fully saturated rings. The summed E-state index contributed by atoms with van der Waals surface area (Å²) in [5, 5.41) is 10.4. The fraction of sp³-hybridized carbons (Fsp3) is 0.857. The number of nitrogens with zero attached hydrogens (tertiary/aromatic N) is 1. The molecule has 0 heterocycles. The Morgan fingerprint density at radius 1 is 1.73 bits per heavy atom. The zero-order valence-corrected chi connectivity index (χ0v) is 6.24. The zero-order valence-electron chi connectivity index (χ0n) is 6.24. The van der Waals surface area contributed by atoms with Crippen LogP contribution in [0.2, 0.25) is 0 Å². The Bertz CT molecular complexity index is 250. The number of hydrogen-bond acceptors (Lipinski definition) is 3. The van der Waals surface area contributed by atoms with Crippen LogP contribution >= 0.6 is 0 Å². The maximum Gasteiger partial charge on any atom is 0.229 e. The average molecular weight is 155 g/mol. The molecule has 0 unspecified atom stereocenters. The van der Waals surface area contributed by atoms with Gasteiger partial charge in [0, 0.05) is 17.3 Å². The van der Waals surface area contributed by atoms with E-state index in [4.69, 9.17) is 0 Å². The van der Waals surface area contributed by atoms with Crippen molar-refractivity contribution in [2.75, 3.05) is 0 Å². The van der Waals surface area contributed by atoms with E-state index in [0.717, 1.165) is 6.42 Å². The predicted octanol–water partition coefficient (Wildman–Crippen LogP) is 0.631. The van der Waals surface area contributed by atoms with Crippen molar-refractivity contribution in [2.45, 2.75) is 25.8 Å². The Morgan fingerprint density at radius 2 is 2.36 bits per heavy atom. The third kappa shape index (κ3) is 0.575. The molecule has 60 valence electrons. The van der Waals surface area contributed by atoms with Gasteiger partial charge in [-0.3, -0.25) is 14.9 Å². The third-order valence-corrected chi connectivity index (χ3v) is 3.17. The van der Waals surface area contributed by atoms with Gasteiger partial charge in [0.05, 0.1) is 0 Å². The molecule has 0 bridgehead atoms. The first kappa shape index (κ1) is 6.76. The van der Waals surface area contributed by atoms with E-state index in [-0.39, 0.29) is 16.6 Å². The molecule has 2 saturated carbocycles. The van der Waals surface area contributed by atoms with Crippen LogP contribution in [0.5, 0.6) is 0 Å². The fourth-order valence-electron chi connectivity index (χ4n) is 2.33. The quantitative estimate of drug-likeness (QED) is 0.412. The van der Waals surface area contributed by atoms with E-state index < -0.39 is 11.5 Å². The summed E-state index contributed by atoms with van der Waals surface area (Å²) in [7, 11) is 0. The highest BCUT2D eigenvalue weighted by molar-refractivity contribution is 5.91. The molecule has 2 rings (SSSR count). The van der Waals surface area contributed by atoms with Crippen LogP contribution in [0.1, 0.15) is 19.8 Å². The van der Waals surface area contributed by atoms with Crippen molar-refractivity contribution in [3.63, 3.8) is 0 Å². The molecule has 0 saturated heterocycles. The molecule has 0 aliphatic heterocycles. The fourth-order valence-corrected chi connectivity index (χ4v) is 2.33. The lowest BCUT2D eigenvalue weighted by molar-refractivity contribution is -0.504. The van der Waals surface area contributed by atoms with E-state index in [1.54, 1.807) is 6.92 Å². The van der Waals surface area contributed by atoms with Crippen molar-refractivity contribution in [3.05, 3.63) is 10.1 Å². The van der Waals surface area contributed by atoms with E-state index in [1.165, 1.54) is 0 Å². The molecule has 11 heavy (non-hydrogen) atoms. The minimum Gasteiger partial charge on any atom is -0.299 e. The number of fused-ring (bicyclic) bond motifs is 1. The molecular formula is C7H9NO3. The molecule has 4 nitrogen and oxygen atoms in total. The smallest absolute Gasteiger partial charge is 0.229 e. The van der Waals surface area contributed by atoms with Gasteiger partial charge in [-0.25, -0.2) is 0 Å². The molecule has 0 aromatic rings. The average Bonchev–Trinajstić information content (AvgIpc) is 2.43. The Labute approximate surface area is 63.7 Å². The van der Waals surface area contributed by atoms with Crippen LogP contribution < -0.4 is 0 Å². The summed E-state index contributed by atoms with van der Waals surface area (Å²) in [5.41, 5.74) is -0.580. The summed E-state index contributed by atoms with van der Waals surface area (Å²) in [6, 6.07) is -0.566. The number of nitro groups is 1. The summed E-state index contributed by atoms with van der Waals surface area (Å²) in [6.07, 6.45) is 1.27. The van der Waals surface area contributed by atoms with E-state index in [2.05, 4.69) is 0 Å². The van der Waals surface area contributed by atoms with Crippen molar-refractivity contribution in [1.29, 1.82) is 0 Å². The van der Waals surface area contributed by atoms with Gasteiger partial charge in [0.25, 0.3) is 0 Å². The van der Waals surface area contributed by atoms with Gasteiger partial charge in [-0.15, -0.1) is 0 Å². The molecular weight excluding hydrogens is 146 g/mol. The van der Waals surface area contributed by atoms with Gasteiger partial charge in [0.2, 0.25) is 6.04 Å². The van der Waals surface area contributed by atoms with Crippen LogP contribution in [0, 0.1) is 21.4 Å². The summed E-state index contributed by atoms with van der Waals surface area (Å²) < 4.78 is 0. The van der Waals surface area contributed by atoms with Crippen LogP contribution in [0.3, 0.4) is 0 Å². The molecule has 0 aromatic carbocycles. The normalized spacial score (nSPS) is 47.2. The summed E-state index contributed by atoms with van der Waals surface area (Å²) in [4.78, 5) is 21.2. The Hall–Kier alpha value is -0.930. The molecule has 0 N–H and O–H groups in total. The molecule has 2 aliphatic rings. The van der Waals surface area contributed by atoms with Crippen molar-refractivity contribution in [3.8, 4) is 0 Å². The number of carbonyl (C=O) groups excluding carboxylic acids is 1. The van der Waals surface area contributed by atoms with Crippen LogP contribution in [0.4, 0.5) is 0 Å². The minimum atomic E-state index is -0.580. The standard InChI is InChI=1S/C7H9NO3/c1-7-4(2-3-5(7)9)6(7)8(10)11/h4,6H,2-3H2,1H3/t4-,6-,7+/m1/s1. The number of Topliss-reactive ketones (excluding diaryl/α,β-unsaturated/α-hetero) is 1. The molecule has 0 spiro atoms. The molecule has 4 heteroatoms. The first-order chi connectivity index (χ1) is 5.08. The highest BCUT2D eigenvalue weighted by Crippen LogP contribution is 2.62. The lowest BCUT2D eigenvalue weighted by Gasteiger charge is -1.99. The van der Waals surface area contributed by atoms with Gasteiger partial charge in [0.1, 0.15) is 11.2 Å². The summed E-state index contributed by atoms with van der Waals surface area (Å²) in [5.74, 6) is 0.134. The zero-order chi connectivity index (χ0) is 8.22. The van der Waals surface area contributed by atoms with Gasteiger partial charge >= 0.3 is 0 Å². The third-order valence-electron chi connectivity index (χ3n) is 3.17. The van der Waals surface area contributed by atoms with Crippen LogP contribution in [0.25, 0.3) is 0 Å². The Kier molecular flexibility index (Phi) is 0.998. The van der Waals surface area contributed by atoms with E-state index in [1.807, 2.05) is 0 Å². The second-order valence-corrected chi connectivity index (χ2v) is 3.58. The van der Waals surface area contributed by atoms with Gasteiger partial charge in [0.15, 0.2) is 0 Å². The molecule has 0 radical (unpaired) electrons. The number of rotatable bonds is 1. The van der Waals surface area contributed by atoms with E-state index in [9.17, 15) is 14.9 Å². The molecule has 0 aromatic heterocycles. The topological polar surface area (TPSA) is 60.2 Å². The molecule has 0 amide bonds. The Balaban J connectivity index is 2.26. The SMILES string of the molecule is C[C@@]12C(=O)CC[C@@H]1[C@H]2[N+](=O)[O-]. The van der Waals surface area contributed by atoms with Crippen LogP contribution in [-0.4, -0.2) is 16.7 Å². The maximum atomic E-state index is 11.1. The summed E-state index contributed by atoms with van der Waals surface area (Å²) in [6.45, 7) is 1.72. The van der Waals surface area contributed by atoms with Crippen molar-refractivity contribution in [1.82, 2.24) is 0 Å². The van der Waals surface area contributed by atoms with E-state index in [0.29, 0.717) is 6.42 Å². The lowest BCUT2D eigenvalue weighted by Crippen LogP contribution is -2.19. The van der Waals surface area contributed by atoms with Crippen molar-refractivity contribution in [2.24, 2.45) is 11.3 Å². The highest BCUT2D eigenvalue weighted by Gasteiger charge is 2.76. The number of hydrogen-bond donors (Lipinski definition) is 0. The first-order valence-corrected chi connectivity index (χ1v) is 3.75. The van der Waals surface area contributed by atoms with Gasteiger partial charge in [-0.1, -0.05) is 0 Å². The Morgan fingerprint density at radius 3 is 2.64 bits per heavy atom. The first-order valence-electron chi connectivity index (χ1n) is 3.75. The minimum absolute atomic E-state index is 0.0463.